The molecule has 1 atom stereocenters. The van der Waals surface area contributed by atoms with Crippen molar-refractivity contribution in [2.45, 2.75) is 38.3 Å². The summed E-state index contributed by atoms with van der Waals surface area (Å²) in [6, 6.07) is 4.36. The zero-order valence-electron chi connectivity index (χ0n) is 10.8. The average molecular weight is 261 g/mol. The molecular formula is C14H16FN3O. The molecule has 0 radical (unpaired) electrons. The van der Waals surface area contributed by atoms with E-state index in [9.17, 15) is 9.18 Å². The molecule has 19 heavy (non-hydrogen) atoms. The van der Waals surface area contributed by atoms with Crippen molar-refractivity contribution in [2.24, 2.45) is 5.73 Å². The van der Waals surface area contributed by atoms with Crippen molar-refractivity contribution in [3.8, 4) is 0 Å². The number of aromatic nitrogens is 2. The molecule has 100 valence electrons. The summed E-state index contributed by atoms with van der Waals surface area (Å²) in [6.45, 7) is 1.95. The van der Waals surface area contributed by atoms with Gasteiger partial charge in [-0.2, -0.15) is 0 Å². The summed E-state index contributed by atoms with van der Waals surface area (Å²) in [5, 5.41) is 0.0708. The Morgan fingerprint density at radius 1 is 1.53 bits per heavy atom. The van der Waals surface area contributed by atoms with Crippen molar-refractivity contribution in [3.05, 3.63) is 40.2 Å². The van der Waals surface area contributed by atoms with Crippen molar-refractivity contribution in [1.82, 2.24) is 9.55 Å². The van der Waals surface area contributed by atoms with Gasteiger partial charge < -0.3 is 5.73 Å². The lowest BCUT2D eigenvalue weighted by Gasteiger charge is -2.17. The van der Waals surface area contributed by atoms with Crippen LogP contribution < -0.4 is 11.3 Å². The van der Waals surface area contributed by atoms with Crippen molar-refractivity contribution < 1.29 is 4.39 Å². The van der Waals surface area contributed by atoms with Crippen LogP contribution in [-0.2, 0) is 0 Å². The van der Waals surface area contributed by atoms with E-state index in [-0.39, 0.29) is 23.0 Å². The zero-order chi connectivity index (χ0) is 13.6. The number of nitrogens with zero attached hydrogens (tertiary/aromatic N) is 2. The third kappa shape index (κ3) is 1.94. The van der Waals surface area contributed by atoms with Gasteiger partial charge in [-0.25, -0.2) is 9.37 Å². The fraction of sp³-hybridized carbons (Fsp3) is 0.429. The number of fused-ring (bicyclic) bond motifs is 1. The standard InChI is InChI=1S/C14H16FN3O/c1-2-10(16)13-17-11-5-3-4-9(15)12(11)14(19)18(13)8-6-7-8/h3-5,8,10H,2,6-7,16H2,1H3. The van der Waals surface area contributed by atoms with E-state index in [0.717, 1.165) is 12.8 Å². The average Bonchev–Trinajstić information content (AvgIpc) is 3.21. The highest BCUT2D eigenvalue weighted by Crippen LogP contribution is 2.36. The van der Waals surface area contributed by atoms with Crippen molar-refractivity contribution in [2.75, 3.05) is 0 Å². The van der Waals surface area contributed by atoms with Gasteiger partial charge in [0.25, 0.3) is 5.56 Å². The van der Waals surface area contributed by atoms with Gasteiger partial charge in [0.2, 0.25) is 0 Å². The molecule has 0 spiro atoms. The van der Waals surface area contributed by atoms with E-state index in [1.165, 1.54) is 6.07 Å². The fourth-order valence-corrected chi connectivity index (χ4v) is 2.35. The summed E-state index contributed by atoms with van der Waals surface area (Å²) >= 11 is 0. The van der Waals surface area contributed by atoms with Crippen molar-refractivity contribution in [3.63, 3.8) is 0 Å². The summed E-state index contributed by atoms with van der Waals surface area (Å²) in [5.74, 6) is 0.0640. The van der Waals surface area contributed by atoms with Crippen LogP contribution in [0.5, 0.6) is 0 Å². The highest BCUT2D eigenvalue weighted by Gasteiger charge is 2.30. The molecule has 1 unspecified atom stereocenters. The van der Waals surface area contributed by atoms with Gasteiger partial charge in [-0.1, -0.05) is 13.0 Å². The highest BCUT2D eigenvalue weighted by molar-refractivity contribution is 5.78. The monoisotopic (exact) mass is 261 g/mol. The molecule has 1 saturated carbocycles. The van der Waals surface area contributed by atoms with Gasteiger partial charge >= 0.3 is 0 Å². The summed E-state index contributed by atoms with van der Waals surface area (Å²) < 4.78 is 15.4. The number of hydrogen-bond acceptors (Lipinski definition) is 3. The maximum absolute atomic E-state index is 13.8. The van der Waals surface area contributed by atoms with Crippen molar-refractivity contribution >= 4 is 10.9 Å². The molecule has 0 aliphatic heterocycles. The van der Waals surface area contributed by atoms with Gasteiger partial charge in [0, 0.05) is 6.04 Å². The Morgan fingerprint density at radius 2 is 2.26 bits per heavy atom. The smallest absolute Gasteiger partial charge is 0.264 e. The molecule has 1 aromatic carbocycles. The molecule has 1 aliphatic rings. The lowest BCUT2D eigenvalue weighted by molar-refractivity contribution is 0.554. The first-order valence-corrected chi connectivity index (χ1v) is 6.59. The number of hydrogen-bond donors (Lipinski definition) is 1. The predicted molar refractivity (Wildman–Crippen MR) is 71.5 cm³/mol. The van der Waals surface area contributed by atoms with E-state index in [1.54, 1.807) is 16.7 Å². The maximum Gasteiger partial charge on any atom is 0.264 e. The second-order valence-electron chi connectivity index (χ2n) is 5.03. The Bertz CT molecular complexity index is 691. The minimum Gasteiger partial charge on any atom is -0.321 e. The lowest BCUT2D eigenvalue weighted by atomic mass is 10.2. The molecule has 4 nitrogen and oxygen atoms in total. The largest absolute Gasteiger partial charge is 0.321 e. The fourth-order valence-electron chi connectivity index (χ4n) is 2.35. The Kier molecular flexibility index (Phi) is 2.86. The SMILES string of the molecule is CCC(N)c1nc2cccc(F)c2c(=O)n1C1CC1. The zero-order valence-corrected chi connectivity index (χ0v) is 10.8. The number of nitrogens with two attached hydrogens (primary N) is 1. The van der Waals surface area contributed by atoms with Crippen LogP contribution in [0.25, 0.3) is 10.9 Å². The lowest BCUT2D eigenvalue weighted by Crippen LogP contribution is -2.29. The van der Waals surface area contributed by atoms with Gasteiger partial charge in [-0.05, 0) is 31.4 Å². The van der Waals surface area contributed by atoms with Crippen LogP contribution in [0.2, 0.25) is 0 Å². The maximum atomic E-state index is 13.8. The third-order valence-electron chi connectivity index (χ3n) is 3.59. The van der Waals surface area contributed by atoms with Gasteiger partial charge in [0.05, 0.1) is 11.6 Å². The quantitative estimate of drug-likeness (QED) is 0.922. The molecule has 0 saturated heterocycles. The Labute approximate surface area is 110 Å². The summed E-state index contributed by atoms with van der Waals surface area (Å²) in [7, 11) is 0. The van der Waals surface area contributed by atoms with Crippen LogP contribution in [-0.4, -0.2) is 9.55 Å². The Hall–Kier alpha value is -1.75. The molecule has 2 aromatic rings. The van der Waals surface area contributed by atoms with Crippen molar-refractivity contribution in [1.29, 1.82) is 0 Å². The minimum absolute atomic E-state index is 0.0708. The molecule has 1 aromatic heterocycles. The van der Waals surface area contributed by atoms with E-state index in [1.807, 2.05) is 6.92 Å². The van der Waals surface area contributed by atoms with Gasteiger partial charge in [0.1, 0.15) is 17.0 Å². The molecular weight excluding hydrogens is 245 g/mol. The topological polar surface area (TPSA) is 60.9 Å². The first-order chi connectivity index (χ1) is 9.13. The highest BCUT2D eigenvalue weighted by atomic mass is 19.1. The normalized spacial score (nSPS) is 16.8. The first kappa shape index (κ1) is 12.3. The second-order valence-corrected chi connectivity index (χ2v) is 5.03. The molecule has 1 fully saturated rings. The van der Waals surface area contributed by atoms with E-state index in [0.29, 0.717) is 17.8 Å². The number of rotatable bonds is 3. The van der Waals surface area contributed by atoms with Crippen LogP contribution in [0.1, 0.15) is 44.1 Å². The summed E-state index contributed by atoms with van der Waals surface area (Å²) in [5.41, 5.74) is 6.13. The number of halogens is 1. The number of benzene rings is 1. The molecule has 1 aliphatic carbocycles. The van der Waals surface area contributed by atoms with Gasteiger partial charge in [-0.3, -0.25) is 9.36 Å². The van der Waals surface area contributed by atoms with E-state index < -0.39 is 5.82 Å². The molecule has 0 bridgehead atoms. The Morgan fingerprint density at radius 3 is 2.89 bits per heavy atom. The van der Waals surface area contributed by atoms with E-state index in [4.69, 9.17) is 5.73 Å². The molecule has 0 amide bonds. The summed E-state index contributed by atoms with van der Waals surface area (Å²) in [4.78, 5) is 16.9. The van der Waals surface area contributed by atoms with Crippen LogP contribution in [0.15, 0.2) is 23.0 Å². The molecule has 5 heteroatoms. The Balaban J connectivity index is 2.37. The third-order valence-corrected chi connectivity index (χ3v) is 3.59. The van der Waals surface area contributed by atoms with E-state index in [2.05, 4.69) is 4.98 Å². The van der Waals surface area contributed by atoms with Gasteiger partial charge in [-0.15, -0.1) is 0 Å². The first-order valence-electron chi connectivity index (χ1n) is 6.59. The van der Waals surface area contributed by atoms with Crippen LogP contribution in [0, 0.1) is 5.82 Å². The van der Waals surface area contributed by atoms with Gasteiger partial charge in [0.15, 0.2) is 0 Å². The summed E-state index contributed by atoms with van der Waals surface area (Å²) in [6.07, 6.45) is 2.57. The second kappa shape index (κ2) is 4.42. The predicted octanol–water partition coefficient (Wildman–Crippen LogP) is 2.28. The van der Waals surface area contributed by atoms with E-state index >= 15 is 0 Å². The van der Waals surface area contributed by atoms with Crippen LogP contribution in [0.4, 0.5) is 4.39 Å². The minimum atomic E-state index is -0.513. The molecule has 1 heterocycles. The molecule has 3 rings (SSSR count). The molecule has 2 N–H and O–H groups in total. The van der Waals surface area contributed by atoms with Crippen LogP contribution in [0.3, 0.4) is 0 Å². The van der Waals surface area contributed by atoms with Crippen LogP contribution >= 0.6 is 0 Å².